The van der Waals surface area contributed by atoms with Gasteiger partial charge in [0.2, 0.25) is 11.8 Å². The molecule has 2 aromatic rings. The molecule has 0 saturated heterocycles. The van der Waals surface area contributed by atoms with E-state index < -0.39 is 0 Å². The SMILES string of the molecule is Cc1cccc(OCCCNC(=O)CCC2Cc3ccccc3NC2=O)c1. The zero-order valence-electron chi connectivity index (χ0n) is 15.7. The van der Waals surface area contributed by atoms with Gasteiger partial charge >= 0.3 is 0 Å². The van der Waals surface area contributed by atoms with Crippen LogP contribution in [0, 0.1) is 12.8 Å². The Morgan fingerprint density at radius 2 is 2.07 bits per heavy atom. The van der Waals surface area contributed by atoms with E-state index in [1.807, 2.05) is 55.5 Å². The summed E-state index contributed by atoms with van der Waals surface area (Å²) in [5, 5.41) is 5.83. The molecule has 1 unspecified atom stereocenters. The largest absolute Gasteiger partial charge is 0.494 e. The zero-order valence-corrected chi connectivity index (χ0v) is 15.7. The molecule has 0 spiro atoms. The third-order valence-electron chi connectivity index (χ3n) is 4.73. The van der Waals surface area contributed by atoms with Crippen molar-refractivity contribution in [1.82, 2.24) is 5.32 Å². The van der Waals surface area contributed by atoms with Crippen LogP contribution >= 0.6 is 0 Å². The Bertz CT molecular complexity index is 804. The summed E-state index contributed by atoms with van der Waals surface area (Å²) in [4.78, 5) is 24.2. The Morgan fingerprint density at radius 1 is 1.22 bits per heavy atom. The molecular formula is C22H26N2O3. The summed E-state index contributed by atoms with van der Waals surface area (Å²) < 4.78 is 5.67. The number of nitrogens with one attached hydrogen (secondary N) is 2. The van der Waals surface area contributed by atoms with Crippen LogP contribution in [0.15, 0.2) is 48.5 Å². The number of benzene rings is 2. The van der Waals surface area contributed by atoms with Crippen LogP contribution in [0.2, 0.25) is 0 Å². The Morgan fingerprint density at radius 3 is 2.93 bits per heavy atom. The number of fused-ring (bicyclic) bond motifs is 1. The highest BCUT2D eigenvalue weighted by Gasteiger charge is 2.26. The fourth-order valence-corrected chi connectivity index (χ4v) is 3.24. The van der Waals surface area contributed by atoms with E-state index in [0.29, 0.717) is 32.4 Å². The van der Waals surface area contributed by atoms with Gasteiger partial charge in [0.1, 0.15) is 5.75 Å². The maximum absolute atomic E-state index is 12.2. The molecule has 0 aromatic heterocycles. The van der Waals surface area contributed by atoms with Gasteiger partial charge in [-0.15, -0.1) is 0 Å². The molecule has 1 heterocycles. The lowest BCUT2D eigenvalue weighted by molar-refractivity contribution is -0.122. The maximum Gasteiger partial charge on any atom is 0.227 e. The lowest BCUT2D eigenvalue weighted by atomic mass is 9.89. The maximum atomic E-state index is 12.2. The van der Waals surface area contributed by atoms with E-state index in [2.05, 4.69) is 10.6 Å². The molecule has 0 fully saturated rings. The van der Waals surface area contributed by atoms with Crippen LogP contribution in [0.4, 0.5) is 5.69 Å². The number of carbonyl (C=O) groups excluding carboxylic acids is 2. The van der Waals surface area contributed by atoms with Crippen molar-refractivity contribution >= 4 is 17.5 Å². The molecular weight excluding hydrogens is 340 g/mol. The Labute approximate surface area is 160 Å². The van der Waals surface area contributed by atoms with Crippen molar-refractivity contribution in [2.45, 2.75) is 32.6 Å². The minimum Gasteiger partial charge on any atom is -0.494 e. The van der Waals surface area contributed by atoms with Gasteiger partial charge in [0, 0.05) is 24.6 Å². The van der Waals surface area contributed by atoms with Gasteiger partial charge < -0.3 is 15.4 Å². The van der Waals surface area contributed by atoms with Crippen molar-refractivity contribution in [1.29, 1.82) is 0 Å². The highest BCUT2D eigenvalue weighted by atomic mass is 16.5. The summed E-state index contributed by atoms with van der Waals surface area (Å²) >= 11 is 0. The highest BCUT2D eigenvalue weighted by Crippen LogP contribution is 2.27. The standard InChI is InChI=1S/C22H26N2O3/c1-16-6-4-8-19(14-16)27-13-5-12-23-21(25)11-10-18-15-17-7-2-3-9-20(17)24-22(18)26/h2-4,6-9,14,18H,5,10-13,15H2,1H3,(H,23,25)(H,24,26). The monoisotopic (exact) mass is 366 g/mol. The number of aryl methyl sites for hydroxylation is 1. The van der Waals surface area contributed by atoms with Crippen molar-refractivity contribution in [2.24, 2.45) is 5.92 Å². The first kappa shape index (κ1) is 19.0. The van der Waals surface area contributed by atoms with Gasteiger partial charge in [-0.2, -0.15) is 0 Å². The average molecular weight is 366 g/mol. The van der Waals surface area contributed by atoms with Crippen LogP contribution < -0.4 is 15.4 Å². The van der Waals surface area contributed by atoms with Crippen LogP contribution in [0.25, 0.3) is 0 Å². The molecule has 2 aromatic carbocycles. The van der Waals surface area contributed by atoms with Gasteiger partial charge in [-0.05, 0) is 55.5 Å². The number of carbonyl (C=O) groups is 2. The first-order valence-electron chi connectivity index (χ1n) is 9.47. The van der Waals surface area contributed by atoms with Crippen molar-refractivity contribution in [3.8, 4) is 5.75 Å². The Balaban J connectivity index is 1.32. The van der Waals surface area contributed by atoms with Crippen molar-refractivity contribution in [3.63, 3.8) is 0 Å². The van der Waals surface area contributed by atoms with Gasteiger partial charge in [-0.25, -0.2) is 0 Å². The van der Waals surface area contributed by atoms with Gasteiger partial charge in [-0.3, -0.25) is 9.59 Å². The van der Waals surface area contributed by atoms with Gasteiger partial charge in [0.15, 0.2) is 0 Å². The fourth-order valence-electron chi connectivity index (χ4n) is 3.24. The number of hydrogen-bond donors (Lipinski definition) is 2. The van der Waals surface area contributed by atoms with E-state index in [1.165, 1.54) is 0 Å². The molecule has 0 bridgehead atoms. The number of ether oxygens (including phenoxy) is 1. The lowest BCUT2D eigenvalue weighted by Gasteiger charge is -2.24. The van der Waals surface area contributed by atoms with E-state index in [4.69, 9.17) is 4.74 Å². The summed E-state index contributed by atoms with van der Waals surface area (Å²) in [6.07, 6.45) is 2.36. The minimum absolute atomic E-state index is 0.00746. The smallest absolute Gasteiger partial charge is 0.227 e. The summed E-state index contributed by atoms with van der Waals surface area (Å²) in [6.45, 7) is 3.16. The molecule has 27 heavy (non-hydrogen) atoms. The molecule has 1 atom stereocenters. The first-order valence-corrected chi connectivity index (χ1v) is 9.47. The average Bonchev–Trinajstić information content (AvgIpc) is 2.66. The third-order valence-corrected chi connectivity index (χ3v) is 4.73. The topological polar surface area (TPSA) is 67.4 Å². The van der Waals surface area contributed by atoms with E-state index >= 15 is 0 Å². The van der Waals surface area contributed by atoms with Crippen LogP contribution in [-0.2, 0) is 16.0 Å². The molecule has 1 aliphatic heterocycles. The predicted octanol–water partition coefficient (Wildman–Crippen LogP) is 3.47. The zero-order chi connectivity index (χ0) is 19.1. The first-order chi connectivity index (χ1) is 13.1. The van der Waals surface area contributed by atoms with Crippen molar-refractivity contribution in [2.75, 3.05) is 18.5 Å². The fraction of sp³-hybridized carbons (Fsp3) is 0.364. The number of amides is 2. The van der Waals surface area contributed by atoms with Crippen LogP contribution in [-0.4, -0.2) is 25.0 Å². The van der Waals surface area contributed by atoms with E-state index in [-0.39, 0.29) is 17.7 Å². The number of para-hydroxylation sites is 1. The molecule has 3 rings (SSSR count). The molecule has 0 radical (unpaired) electrons. The Kier molecular flexibility index (Phi) is 6.47. The van der Waals surface area contributed by atoms with Crippen molar-refractivity contribution in [3.05, 3.63) is 59.7 Å². The molecule has 0 saturated carbocycles. The molecule has 142 valence electrons. The Hall–Kier alpha value is -2.82. The molecule has 5 heteroatoms. The van der Waals surface area contributed by atoms with Crippen LogP contribution in [0.3, 0.4) is 0 Å². The van der Waals surface area contributed by atoms with E-state index in [0.717, 1.165) is 29.0 Å². The van der Waals surface area contributed by atoms with E-state index in [9.17, 15) is 9.59 Å². The minimum atomic E-state index is -0.143. The second-order valence-corrected chi connectivity index (χ2v) is 6.95. The molecule has 1 aliphatic rings. The quantitative estimate of drug-likeness (QED) is 0.703. The molecule has 0 aliphatic carbocycles. The number of rotatable bonds is 8. The summed E-state index contributed by atoms with van der Waals surface area (Å²) in [7, 11) is 0. The van der Waals surface area contributed by atoms with Gasteiger partial charge in [0.05, 0.1) is 6.61 Å². The summed E-state index contributed by atoms with van der Waals surface area (Å²) in [6, 6.07) is 15.7. The third kappa shape index (κ3) is 5.58. The second-order valence-electron chi connectivity index (χ2n) is 6.95. The van der Waals surface area contributed by atoms with Crippen LogP contribution in [0.1, 0.15) is 30.4 Å². The molecule has 2 N–H and O–H groups in total. The number of anilines is 1. The summed E-state index contributed by atoms with van der Waals surface area (Å²) in [5.74, 6) is 0.700. The normalized spacial score (nSPS) is 15.6. The highest BCUT2D eigenvalue weighted by molar-refractivity contribution is 5.96. The molecule has 5 nitrogen and oxygen atoms in total. The molecule has 2 amide bonds. The predicted molar refractivity (Wildman–Crippen MR) is 106 cm³/mol. The second kappa shape index (κ2) is 9.21. The van der Waals surface area contributed by atoms with Crippen LogP contribution in [0.5, 0.6) is 5.75 Å². The summed E-state index contributed by atoms with van der Waals surface area (Å²) in [5.41, 5.74) is 3.18. The van der Waals surface area contributed by atoms with Gasteiger partial charge in [-0.1, -0.05) is 30.3 Å². The van der Waals surface area contributed by atoms with Crippen molar-refractivity contribution < 1.29 is 14.3 Å². The lowest BCUT2D eigenvalue weighted by Crippen LogP contribution is -2.32. The van der Waals surface area contributed by atoms with Gasteiger partial charge in [0.25, 0.3) is 0 Å². The van der Waals surface area contributed by atoms with E-state index in [1.54, 1.807) is 0 Å². The number of hydrogen-bond acceptors (Lipinski definition) is 3.